The van der Waals surface area contributed by atoms with Crippen molar-refractivity contribution in [3.05, 3.63) is 30.1 Å². The number of nitrogens with zero attached hydrogens (tertiary/aromatic N) is 3. The highest BCUT2D eigenvalue weighted by Gasteiger charge is 2.38. The largest absolute Gasteiger partial charge is 0.333 e. The zero-order valence-electron chi connectivity index (χ0n) is 12.5. The summed E-state index contributed by atoms with van der Waals surface area (Å²) in [5.41, 5.74) is 7.08. The van der Waals surface area contributed by atoms with Gasteiger partial charge in [-0.25, -0.2) is 0 Å². The molecule has 2 unspecified atom stereocenters. The third kappa shape index (κ3) is 3.05. The van der Waals surface area contributed by atoms with Crippen molar-refractivity contribution in [2.75, 3.05) is 19.6 Å². The molecule has 1 saturated heterocycles. The first-order valence-corrected chi connectivity index (χ1v) is 7.35. The second kappa shape index (κ2) is 6.67. The minimum Gasteiger partial charge on any atom is -0.333 e. The lowest BCUT2D eigenvalue weighted by molar-refractivity contribution is -0.158. The van der Waals surface area contributed by atoms with Crippen molar-refractivity contribution in [2.45, 2.75) is 32.4 Å². The molecule has 0 aliphatic carbocycles. The van der Waals surface area contributed by atoms with Crippen molar-refractivity contribution >= 4 is 11.8 Å². The summed E-state index contributed by atoms with van der Waals surface area (Å²) in [5.74, 6) is -0.915. The number of carbonyl (C=O) groups is 2. The van der Waals surface area contributed by atoms with Gasteiger partial charge in [0.05, 0.1) is 6.04 Å². The minimum absolute atomic E-state index is 0.223. The molecule has 114 valence electrons. The van der Waals surface area contributed by atoms with Crippen molar-refractivity contribution in [1.29, 1.82) is 0 Å². The summed E-state index contributed by atoms with van der Waals surface area (Å²) < 4.78 is 0. The van der Waals surface area contributed by atoms with Gasteiger partial charge >= 0.3 is 11.8 Å². The van der Waals surface area contributed by atoms with Gasteiger partial charge in [-0.05, 0) is 25.0 Å². The third-order valence-electron chi connectivity index (χ3n) is 3.96. The number of amides is 2. The number of carbonyl (C=O) groups excluding carboxylic acids is 2. The van der Waals surface area contributed by atoms with Crippen molar-refractivity contribution < 1.29 is 9.59 Å². The summed E-state index contributed by atoms with van der Waals surface area (Å²) in [5, 5.41) is 0. The van der Waals surface area contributed by atoms with Crippen molar-refractivity contribution in [3.8, 4) is 0 Å². The van der Waals surface area contributed by atoms with E-state index < -0.39 is 11.8 Å². The number of likely N-dealkylation sites (N-methyl/N-ethyl adjacent to an activating group) is 1. The average Bonchev–Trinajstić information content (AvgIpc) is 2.52. The van der Waals surface area contributed by atoms with Gasteiger partial charge in [0.2, 0.25) is 0 Å². The monoisotopic (exact) mass is 290 g/mol. The smallest absolute Gasteiger partial charge is 0.312 e. The van der Waals surface area contributed by atoms with Gasteiger partial charge in [-0.1, -0.05) is 13.0 Å². The van der Waals surface area contributed by atoms with Gasteiger partial charge in [-0.15, -0.1) is 0 Å². The van der Waals surface area contributed by atoms with Crippen LogP contribution < -0.4 is 5.73 Å². The summed E-state index contributed by atoms with van der Waals surface area (Å²) in [6.45, 7) is 5.45. The van der Waals surface area contributed by atoms with Gasteiger partial charge in [0, 0.05) is 38.1 Å². The SMILES string of the molecule is CCC(N)C(c1cccnc1)N1CCN(CC)C(=O)C1=O. The van der Waals surface area contributed by atoms with Gasteiger partial charge in [-0.2, -0.15) is 0 Å². The van der Waals surface area contributed by atoms with E-state index >= 15 is 0 Å². The fraction of sp³-hybridized carbons (Fsp3) is 0.533. The van der Waals surface area contributed by atoms with E-state index in [1.165, 1.54) is 0 Å². The molecular formula is C15H22N4O2. The van der Waals surface area contributed by atoms with E-state index in [4.69, 9.17) is 5.73 Å². The van der Waals surface area contributed by atoms with Gasteiger partial charge in [0.15, 0.2) is 0 Å². The van der Waals surface area contributed by atoms with E-state index in [1.54, 1.807) is 22.2 Å². The van der Waals surface area contributed by atoms with Gasteiger partial charge in [0.25, 0.3) is 0 Å². The zero-order valence-corrected chi connectivity index (χ0v) is 12.5. The van der Waals surface area contributed by atoms with Crippen LogP contribution in [0, 0.1) is 0 Å². The Labute approximate surface area is 124 Å². The Morgan fingerprint density at radius 1 is 1.29 bits per heavy atom. The topological polar surface area (TPSA) is 79.5 Å². The van der Waals surface area contributed by atoms with Crippen molar-refractivity contribution in [2.24, 2.45) is 5.73 Å². The molecule has 6 heteroatoms. The molecular weight excluding hydrogens is 268 g/mol. The Morgan fingerprint density at radius 3 is 2.62 bits per heavy atom. The number of piperazine rings is 1. The quantitative estimate of drug-likeness (QED) is 0.803. The first-order valence-electron chi connectivity index (χ1n) is 7.35. The highest BCUT2D eigenvalue weighted by Crippen LogP contribution is 2.26. The van der Waals surface area contributed by atoms with E-state index in [9.17, 15) is 9.59 Å². The van der Waals surface area contributed by atoms with E-state index in [1.807, 2.05) is 26.0 Å². The van der Waals surface area contributed by atoms with Crippen LogP contribution in [0.5, 0.6) is 0 Å². The number of hydrogen-bond donors (Lipinski definition) is 1. The molecule has 0 radical (unpaired) electrons. The highest BCUT2D eigenvalue weighted by atomic mass is 16.2. The summed E-state index contributed by atoms with van der Waals surface area (Å²) in [6.07, 6.45) is 4.11. The molecule has 1 aromatic rings. The van der Waals surface area contributed by atoms with E-state index in [0.717, 1.165) is 12.0 Å². The number of hydrogen-bond acceptors (Lipinski definition) is 4. The molecule has 1 fully saturated rings. The Morgan fingerprint density at radius 2 is 2.05 bits per heavy atom. The summed E-state index contributed by atoms with van der Waals surface area (Å²) in [6, 6.07) is 3.19. The maximum Gasteiger partial charge on any atom is 0.312 e. The lowest BCUT2D eigenvalue weighted by Gasteiger charge is -2.40. The molecule has 2 rings (SSSR count). The Hall–Kier alpha value is -1.95. The number of pyridine rings is 1. The van der Waals surface area contributed by atoms with Crippen molar-refractivity contribution in [3.63, 3.8) is 0 Å². The standard InChI is InChI=1S/C15H22N4O2/c1-3-12(16)13(11-6-5-7-17-10-11)19-9-8-18(4-2)14(20)15(19)21/h5-7,10,12-13H,3-4,8-9,16H2,1-2H3. The van der Waals surface area contributed by atoms with Crippen LogP contribution in [0.4, 0.5) is 0 Å². The molecule has 0 saturated carbocycles. The normalized spacial score (nSPS) is 18.8. The first kappa shape index (κ1) is 15.4. The van der Waals surface area contributed by atoms with Crippen LogP contribution >= 0.6 is 0 Å². The minimum atomic E-state index is -0.471. The van der Waals surface area contributed by atoms with Gasteiger partial charge < -0.3 is 15.5 Å². The summed E-state index contributed by atoms with van der Waals surface area (Å²) in [7, 11) is 0. The predicted octanol–water partition coefficient (Wildman–Crippen LogP) is 0.551. The van der Waals surface area contributed by atoms with Crippen LogP contribution in [0.1, 0.15) is 31.9 Å². The Balaban J connectivity index is 2.30. The van der Waals surface area contributed by atoms with Gasteiger partial charge in [-0.3, -0.25) is 14.6 Å². The molecule has 1 aromatic heterocycles. The van der Waals surface area contributed by atoms with Crippen LogP contribution in [-0.2, 0) is 9.59 Å². The van der Waals surface area contributed by atoms with Crippen LogP contribution in [0.3, 0.4) is 0 Å². The Bertz CT molecular complexity index is 506. The van der Waals surface area contributed by atoms with Crippen LogP contribution in [0.2, 0.25) is 0 Å². The third-order valence-corrected chi connectivity index (χ3v) is 3.96. The number of aromatic nitrogens is 1. The van der Waals surface area contributed by atoms with E-state index in [2.05, 4.69) is 4.98 Å². The van der Waals surface area contributed by atoms with Gasteiger partial charge in [0.1, 0.15) is 0 Å². The molecule has 21 heavy (non-hydrogen) atoms. The van der Waals surface area contributed by atoms with E-state index in [-0.39, 0.29) is 12.1 Å². The molecule has 2 amide bonds. The number of rotatable bonds is 5. The molecule has 0 aromatic carbocycles. The fourth-order valence-corrected chi connectivity index (χ4v) is 2.69. The molecule has 0 spiro atoms. The summed E-state index contributed by atoms with van der Waals surface area (Å²) >= 11 is 0. The second-order valence-corrected chi connectivity index (χ2v) is 5.19. The molecule has 6 nitrogen and oxygen atoms in total. The van der Waals surface area contributed by atoms with Crippen LogP contribution in [0.15, 0.2) is 24.5 Å². The van der Waals surface area contributed by atoms with Crippen LogP contribution in [0.25, 0.3) is 0 Å². The maximum absolute atomic E-state index is 12.4. The number of nitrogens with two attached hydrogens (primary N) is 1. The second-order valence-electron chi connectivity index (χ2n) is 5.19. The highest BCUT2D eigenvalue weighted by molar-refractivity contribution is 6.35. The predicted molar refractivity (Wildman–Crippen MR) is 79.2 cm³/mol. The average molecular weight is 290 g/mol. The lowest BCUT2D eigenvalue weighted by Crippen LogP contribution is -2.57. The molecule has 2 N–H and O–H groups in total. The Kier molecular flexibility index (Phi) is 4.90. The fourth-order valence-electron chi connectivity index (χ4n) is 2.69. The molecule has 0 bridgehead atoms. The van der Waals surface area contributed by atoms with Crippen LogP contribution in [-0.4, -0.2) is 52.3 Å². The van der Waals surface area contributed by atoms with E-state index in [0.29, 0.717) is 19.6 Å². The molecule has 1 aliphatic rings. The molecule has 2 heterocycles. The maximum atomic E-state index is 12.4. The zero-order chi connectivity index (χ0) is 15.4. The lowest BCUT2D eigenvalue weighted by atomic mass is 9.96. The molecule has 2 atom stereocenters. The first-order chi connectivity index (χ1) is 10.1. The summed E-state index contributed by atoms with van der Waals surface area (Å²) in [4.78, 5) is 31.7. The molecule has 1 aliphatic heterocycles. The van der Waals surface area contributed by atoms with Crippen molar-refractivity contribution in [1.82, 2.24) is 14.8 Å².